The van der Waals surface area contributed by atoms with Gasteiger partial charge in [-0.15, -0.1) is 11.3 Å². The predicted molar refractivity (Wildman–Crippen MR) is 121 cm³/mol. The SMILES string of the molecule is Cc1ccc([C@H]2[C@H](c3ccccn3)NC(=S)N2CCCNc2ccccc2)s1. The van der Waals surface area contributed by atoms with E-state index in [4.69, 9.17) is 12.2 Å². The van der Waals surface area contributed by atoms with Crippen molar-refractivity contribution in [3.8, 4) is 0 Å². The molecule has 4 nitrogen and oxygen atoms in total. The summed E-state index contributed by atoms with van der Waals surface area (Å²) in [5.41, 5.74) is 2.19. The molecular formula is C22H24N4S2. The third-order valence-corrected chi connectivity index (χ3v) is 6.35. The molecule has 1 saturated heterocycles. The maximum atomic E-state index is 5.72. The number of thiocarbonyl (C=S) groups is 1. The Morgan fingerprint density at radius 1 is 1.11 bits per heavy atom. The van der Waals surface area contributed by atoms with Crippen LogP contribution in [0, 0.1) is 6.92 Å². The molecule has 1 fully saturated rings. The first-order valence-electron chi connectivity index (χ1n) is 9.56. The van der Waals surface area contributed by atoms with Crippen molar-refractivity contribution in [2.45, 2.75) is 25.4 Å². The van der Waals surface area contributed by atoms with Crippen LogP contribution in [0.3, 0.4) is 0 Å². The molecule has 0 saturated carbocycles. The minimum Gasteiger partial charge on any atom is -0.385 e. The number of pyridine rings is 1. The molecule has 2 atom stereocenters. The quantitative estimate of drug-likeness (QED) is 0.429. The molecule has 0 radical (unpaired) electrons. The van der Waals surface area contributed by atoms with E-state index in [1.54, 1.807) is 0 Å². The molecule has 2 aromatic heterocycles. The largest absolute Gasteiger partial charge is 0.385 e. The van der Waals surface area contributed by atoms with Crippen LogP contribution in [0.2, 0.25) is 0 Å². The monoisotopic (exact) mass is 408 g/mol. The normalized spacial score (nSPS) is 18.9. The van der Waals surface area contributed by atoms with E-state index in [1.807, 2.05) is 35.7 Å². The number of para-hydroxylation sites is 1. The maximum absolute atomic E-state index is 5.72. The van der Waals surface area contributed by atoms with Gasteiger partial charge in [0.25, 0.3) is 0 Å². The third-order valence-electron chi connectivity index (χ3n) is 4.93. The van der Waals surface area contributed by atoms with Crippen molar-refractivity contribution in [3.05, 3.63) is 82.3 Å². The Hall–Kier alpha value is -2.44. The molecule has 1 aromatic carbocycles. The van der Waals surface area contributed by atoms with Gasteiger partial charge in [-0.25, -0.2) is 0 Å². The summed E-state index contributed by atoms with van der Waals surface area (Å²) in [6.45, 7) is 3.96. The fourth-order valence-corrected chi connectivity index (χ4v) is 4.97. The molecule has 2 N–H and O–H groups in total. The summed E-state index contributed by atoms with van der Waals surface area (Å²) < 4.78 is 0. The van der Waals surface area contributed by atoms with Gasteiger partial charge in [0.05, 0.1) is 17.8 Å². The summed E-state index contributed by atoms with van der Waals surface area (Å²) in [6.07, 6.45) is 2.86. The second-order valence-corrected chi connectivity index (χ2v) is 8.62. The first-order valence-corrected chi connectivity index (χ1v) is 10.8. The Kier molecular flexibility index (Phi) is 5.88. The molecule has 1 aliphatic heterocycles. The lowest BCUT2D eigenvalue weighted by Crippen LogP contribution is -2.31. The van der Waals surface area contributed by atoms with Gasteiger partial charge in [0.1, 0.15) is 0 Å². The highest BCUT2D eigenvalue weighted by Crippen LogP contribution is 2.41. The van der Waals surface area contributed by atoms with Gasteiger partial charge in [-0.2, -0.15) is 0 Å². The third kappa shape index (κ3) is 4.18. The molecule has 0 spiro atoms. The van der Waals surface area contributed by atoms with E-state index in [9.17, 15) is 0 Å². The van der Waals surface area contributed by atoms with Crippen LogP contribution in [0.15, 0.2) is 66.9 Å². The van der Waals surface area contributed by atoms with E-state index >= 15 is 0 Å². The van der Waals surface area contributed by atoms with Gasteiger partial charge in [-0.1, -0.05) is 24.3 Å². The summed E-state index contributed by atoms with van der Waals surface area (Å²) in [4.78, 5) is 9.57. The molecule has 0 amide bonds. The number of aryl methyl sites for hydroxylation is 1. The van der Waals surface area contributed by atoms with Crippen molar-refractivity contribution >= 4 is 34.4 Å². The summed E-state index contributed by atoms with van der Waals surface area (Å²) in [5, 5.41) is 7.81. The zero-order chi connectivity index (χ0) is 19.3. The average Bonchev–Trinajstić information content (AvgIpc) is 3.29. The number of nitrogens with zero attached hydrogens (tertiary/aromatic N) is 2. The van der Waals surface area contributed by atoms with E-state index in [0.717, 1.165) is 36.0 Å². The van der Waals surface area contributed by atoms with Crippen LogP contribution in [0.1, 0.15) is 34.0 Å². The average molecular weight is 409 g/mol. The fraction of sp³-hybridized carbons (Fsp3) is 0.273. The van der Waals surface area contributed by atoms with E-state index in [0.29, 0.717) is 0 Å². The van der Waals surface area contributed by atoms with Crippen LogP contribution in [-0.4, -0.2) is 28.1 Å². The predicted octanol–water partition coefficient (Wildman–Crippen LogP) is 4.93. The Morgan fingerprint density at radius 2 is 1.93 bits per heavy atom. The minimum absolute atomic E-state index is 0.0776. The molecule has 4 rings (SSSR count). The lowest BCUT2D eigenvalue weighted by Gasteiger charge is -2.27. The van der Waals surface area contributed by atoms with Crippen LogP contribution in [0.5, 0.6) is 0 Å². The minimum atomic E-state index is 0.0776. The summed E-state index contributed by atoms with van der Waals surface area (Å²) in [7, 11) is 0. The second-order valence-electron chi connectivity index (χ2n) is 6.91. The van der Waals surface area contributed by atoms with Crippen LogP contribution >= 0.6 is 23.6 Å². The molecule has 1 aliphatic rings. The Morgan fingerprint density at radius 3 is 2.64 bits per heavy atom. The summed E-state index contributed by atoms with van der Waals surface area (Å²) in [5.74, 6) is 0. The molecule has 28 heavy (non-hydrogen) atoms. The fourth-order valence-electron chi connectivity index (χ4n) is 3.61. The number of benzene rings is 1. The smallest absolute Gasteiger partial charge is 0.170 e. The van der Waals surface area contributed by atoms with Crippen molar-refractivity contribution in [1.82, 2.24) is 15.2 Å². The molecule has 3 aromatic rings. The van der Waals surface area contributed by atoms with Crippen LogP contribution in [0.4, 0.5) is 5.69 Å². The van der Waals surface area contributed by atoms with Gasteiger partial charge >= 0.3 is 0 Å². The number of hydrogen-bond acceptors (Lipinski definition) is 4. The molecule has 3 heterocycles. The van der Waals surface area contributed by atoms with Gasteiger partial charge in [-0.3, -0.25) is 4.98 Å². The highest BCUT2D eigenvalue weighted by molar-refractivity contribution is 7.80. The molecule has 144 valence electrons. The van der Waals surface area contributed by atoms with E-state index in [2.05, 4.69) is 69.9 Å². The first kappa shape index (κ1) is 18.9. The maximum Gasteiger partial charge on any atom is 0.170 e. The highest BCUT2D eigenvalue weighted by atomic mass is 32.1. The van der Waals surface area contributed by atoms with Crippen molar-refractivity contribution in [1.29, 1.82) is 0 Å². The van der Waals surface area contributed by atoms with Gasteiger partial charge < -0.3 is 15.5 Å². The van der Waals surface area contributed by atoms with Crippen molar-refractivity contribution in [2.75, 3.05) is 18.4 Å². The molecular weight excluding hydrogens is 384 g/mol. The summed E-state index contributed by atoms with van der Waals surface area (Å²) in [6, 6.07) is 21.1. The number of aromatic nitrogens is 1. The van der Waals surface area contributed by atoms with Crippen molar-refractivity contribution in [2.24, 2.45) is 0 Å². The lowest BCUT2D eigenvalue weighted by atomic mass is 10.0. The Bertz CT molecular complexity index is 911. The topological polar surface area (TPSA) is 40.2 Å². The number of nitrogens with one attached hydrogen (secondary N) is 2. The number of rotatable bonds is 7. The van der Waals surface area contributed by atoms with E-state index in [1.165, 1.54) is 9.75 Å². The number of hydrogen-bond donors (Lipinski definition) is 2. The van der Waals surface area contributed by atoms with Gasteiger partial charge in [0, 0.05) is 34.7 Å². The number of anilines is 1. The Labute approximate surface area is 175 Å². The molecule has 0 aliphatic carbocycles. The van der Waals surface area contributed by atoms with E-state index in [-0.39, 0.29) is 12.1 Å². The standard InChI is InChI=1S/C22H24N4S2/c1-16-11-12-19(28-16)21-20(18-10-5-6-13-24-18)25-22(27)26(21)15-7-14-23-17-8-3-2-4-9-17/h2-6,8-13,20-21,23H,7,14-15H2,1H3,(H,25,27)/t20-,21-/m0/s1. The van der Waals surface area contributed by atoms with Gasteiger partial charge in [-0.05, 0) is 62.0 Å². The Balaban J connectivity index is 1.48. The lowest BCUT2D eigenvalue weighted by molar-refractivity contribution is 0.320. The molecule has 0 unspecified atom stereocenters. The van der Waals surface area contributed by atoms with Gasteiger partial charge in [0.2, 0.25) is 0 Å². The zero-order valence-electron chi connectivity index (χ0n) is 15.8. The van der Waals surface area contributed by atoms with Crippen molar-refractivity contribution < 1.29 is 0 Å². The summed E-state index contributed by atoms with van der Waals surface area (Å²) >= 11 is 7.56. The van der Waals surface area contributed by atoms with E-state index < -0.39 is 0 Å². The van der Waals surface area contributed by atoms with Crippen LogP contribution in [-0.2, 0) is 0 Å². The number of thiophene rings is 1. The molecule has 0 bridgehead atoms. The highest BCUT2D eigenvalue weighted by Gasteiger charge is 2.40. The molecule has 6 heteroatoms. The first-order chi connectivity index (χ1) is 13.7. The second kappa shape index (κ2) is 8.71. The van der Waals surface area contributed by atoms with Crippen LogP contribution < -0.4 is 10.6 Å². The van der Waals surface area contributed by atoms with Gasteiger partial charge in [0.15, 0.2) is 5.11 Å². The van der Waals surface area contributed by atoms with Crippen molar-refractivity contribution in [3.63, 3.8) is 0 Å². The van der Waals surface area contributed by atoms with Crippen LogP contribution in [0.25, 0.3) is 0 Å². The zero-order valence-corrected chi connectivity index (χ0v) is 17.5.